The molecule has 17 heteroatoms. The Labute approximate surface area is 535 Å². The summed E-state index contributed by atoms with van der Waals surface area (Å²) in [5.74, 6) is 1.48. The largest absolute Gasteiger partial charge is 0.419 e. The Bertz CT molecular complexity index is 2090. The molecular weight excluding hydrogens is 1110 g/mol. The summed E-state index contributed by atoms with van der Waals surface area (Å²) in [5, 5.41) is 12.4. The van der Waals surface area contributed by atoms with E-state index in [1.165, 1.54) is 63.9 Å². The Morgan fingerprint density at radius 1 is 0.625 bits per heavy atom. The van der Waals surface area contributed by atoms with E-state index in [1.807, 2.05) is 0 Å². The third-order valence-corrected chi connectivity index (χ3v) is 21.9. The molecule has 1 spiro atoms. The molecule has 510 valence electrons. The highest BCUT2D eigenvalue weighted by atomic mass is 19.4. The van der Waals surface area contributed by atoms with Crippen molar-refractivity contribution in [3.63, 3.8) is 0 Å². The van der Waals surface area contributed by atoms with E-state index in [4.69, 9.17) is 0 Å². The molecule has 0 unspecified atom stereocenters. The maximum Gasteiger partial charge on any atom is 0.419 e. The predicted octanol–water partition coefficient (Wildman–Crippen LogP) is 10.6. The summed E-state index contributed by atoms with van der Waals surface area (Å²) in [6.45, 7) is 30.0. The minimum absolute atomic E-state index is 0.00393. The molecule has 3 N–H and O–H groups in total. The lowest BCUT2D eigenvalue weighted by Crippen LogP contribution is -2.58. The smallest absolute Gasteiger partial charge is 0.341 e. The minimum atomic E-state index is -4.72. The van der Waals surface area contributed by atoms with Gasteiger partial charge < -0.3 is 50.2 Å². The molecule has 2 aliphatic carbocycles. The highest BCUT2D eigenvalue weighted by molar-refractivity contribution is 5.82. The zero-order valence-electron chi connectivity index (χ0n) is 58.4. The molecule has 0 bridgehead atoms. The Balaban J connectivity index is 1.26. The number of likely N-dealkylation sites (tertiary alicyclic amines) is 1. The molecule has 5 aliphatic rings. The van der Waals surface area contributed by atoms with E-state index in [9.17, 15) is 22.4 Å². The highest BCUT2D eigenvalue weighted by Crippen LogP contribution is 2.35. The number of halogens is 4. The SMILES string of the molecule is CC[C@H](C)[C@H]1CN(C)CCN(C)CCN(C)[C@@H](CC2CCCCC2)CN(C)CCN[C@@H](CCc2ccc(C(F)(F)F)c(F)c2)CN2CCC[C@H]2CNC2(CCCC2)CN(C)[C@@H](CC(C)C)CN(C)[C@H](C(=O)N2CCCCC2)CCN(C)[C@@H](CC(C)C)CN1. The first-order valence-corrected chi connectivity index (χ1v) is 35.9. The first kappa shape index (κ1) is 75.0. The van der Waals surface area contributed by atoms with Crippen molar-refractivity contribution in [3.8, 4) is 0 Å². The molecule has 0 aromatic heterocycles. The van der Waals surface area contributed by atoms with Gasteiger partial charge in [-0.25, -0.2) is 4.39 Å². The molecule has 0 radical (unpaired) electrons. The number of carbonyl (C=O) groups is 1. The lowest BCUT2D eigenvalue weighted by molar-refractivity contribution is -0.140. The van der Waals surface area contributed by atoms with Gasteiger partial charge in [0.2, 0.25) is 5.91 Å². The molecule has 1 amide bonds. The maximum absolute atomic E-state index is 15.0. The zero-order valence-corrected chi connectivity index (χ0v) is 58.4. The summed E-state index contributed by atoms with van der Waals surface area (Å²) in [5.41, 5.74) is -0.598. The molecule has 3 saturated heterocycles. The molecule has 2 saturated carbocycles. The summed E-state index contributed by atoms with van der Waals surface area (Å²) in [6, 6.07) is 5.22. The van der Waals surface area contributed by atoms with Crippen molar-refractivity contribution in [3.05, 3.63) is 35.1 Å². The van der Waals surface area contributed by atoms with Crippen LogP contribution < -0.4 is 16.0 Å². The number of likely N-dealkylation sites (N-methyl/N-ethyl adjacent to an activating group) is 7. The number of amides is 1. The average Bonchev–Trinajstić information content (AvgIpc) is 3.13. The van der Waals surface area contributed by atoms with Crippen molar-refractivity contribution in [1.82, 2.24) is 60.0 Å². The number of nitrogens with one attached hydrogen (secondary N) is 3. The van der Waals surface area contributed by atoms with E-state index < -0.39 is 17.6 Å². The second kappa shape index (κ2) is 37.8. The molecule has 3 aliphatic heterocycles. The fourth-order valence-electron chi connectivity index (χ4n) is 15.8. The molecule has 1 aromatic carbocycles. The van der Waals surface area contributed by atoms with Crippen LogP contribution in [0.1, 0.15) is 181 Å². The van der Waals surface area contributed by atoms with Gasteiger partial charge in [-0.3, -0.25) is 14.6 Å². The number of benzene rings is 1. The van der Waals surface area contributed by atoms with Crippen molar-refractivity contribution in [2.24, 2.45) is 23.7 Å². The number of piperidine rings is 1. The first-order valence-electron chi connectivity index (χ1n) is 35.9. The fourth-order valence-corrected chi connectivity index (χ4v) is 15.8. The third kappa shape index (κ3) is 25.0. The van der Waals surface area contributed by atoms with Crippen LogP contribution in [-0.2, 0) is 17.4 Å². The number of hydrogen-bond donors (Lipinski definition) is 3. The molecule has 13 nitrogen and oxygen atoms in total. The van der Waals surface area contributed by atoms with Gasteiger partial charge >= 0.3 is 6.18 Å². The van der Waals surface area contributed by atoms with Gasteiger partial charge in [0, 0.05) is 147 Å². The van der Waals surface area contributed by atoms with Crippen LogP contribution in [0, 0.1) is 29.5 Å². The van der Waals surface area contributed by atoms with Crippen LogP contribution in [0.4, 0.5) is 17.6 Å². The van der Waals surface area contributed by atoms with E-state index in [-0.39, 0.29) is 23.7 Å². The summed E-state index contributed by atoms with van der Waals surface area (Å²) >= 11 is 0. The standard InChI is InChI=1S/C71H132F4N12O/c1-14-57(6)67-53-81(9)41-40-79(7)42-43-83(11)64(46-58-24-17-15-18-25-58)51-80(8)39-34-76-60(29-27-59-28-30-65(66(72)47-59)71(73,74)75)50-87-37-23-26-61(87)49-78-70(32-19-20-33-70)54-85(13)63(45-56(4)5)52-84(12)68(69(88)86-35-21-16-22-36-86)31-38-82(10)62(48-77-67)44-55(2)3/h28,30,47,55-58,60-64,67-68,76-78H,14-27,29,31-46,48-54H2,1-13H3/t57-,60-,61-,62-,63-,64-,67+,68-/m0/s1. The summed E-state index contributed by atoms with van der Waals surface area (Å²) in [7, 11) is 16.2. The van der Waals surface area contributed by atoms with E-state index in [2.05, 4.69) is 151 Å². The van der Waals surface area contributed by atoms with Crippen LogP contribution in [0.3, 0.4) is 0 Å². The van der Waals surface area contributed by atoms with E-state index in [1.54, 1.807) is 0 Å². The fraction of sp³-hybridized carbons (Fsp3) is 0.901. The quantitative estimate of drug-likeness (QED) is 0.174. The van der Waals surface area contributed by atoms with Gasteiger partial charge in [0.1, 0.15) is 5.82 Å². The molecule has 3 heterocycles. The first-order chi connectivity index (χ1) is 41.9. The average molecular weight is 1250 g/mol. The molecule has 5 fully saturated rings. The molecular formula is C71H132F4N12O. The van der Waals surface area contributed by atoms with Crippen molar-refractivity contribution >= 4 is 5.91 Å². The molecule has 88 heavy (non-hydrogen) atoms. The Kier molecular flexibility index (Phi) is 32.2. The number of hydrogen-bond acceptors (Lipinski definition) is 12. The van der Waals surface area contributed by atoms with E-state index >= 15 is 0 Å². The topological polar surface area (TPSA) is 82.3 Å². The van der Waals surface area contributed by atoms with Crippen molar-refractivity contribution in [1.29, 1.82) is 0 Å². The molecule has 8 atom stereocenters. The minimum Gasteiger partial charge on any atom is -0.341 e. The van der Waals surface area contributed by atoms with Gasteiger partial charge in [-0.1, -0.05) is 99.0 Å². The summed E-state index contributed by atoms with van der Waals surface area (Å²) in [4.78, 5) is 37.8. The van der Waals surface area contributed by atoms with Gasteiger partial charge in [0.05, 0.1) is 11.6 Å². The van der Waals surface area contributed by atoms with Crippen molar-refractivity contribution in [2.75, 3.05) is 161 Å². The monoisotopic (exact) mass is 1250 g/mol. The normalized spacial score (nSPS) is 29.4. The van der Waals surface area contributed by atoms with Crippen molar-refractivity contribution in [2.45, 2.75) is 230 Å². The van der Waals surface area contributed by atoms with E-state index in [0.717, 1.165) is 194 Å². The number of fused-ring (bicyclic) bond motifs is 1. The Hall–Kier alpha value is -2.03. The Morgan fingerprint density at radius 3 is 1.94 bits per heavy atom. The third-order valence-electron chi connectivity index (χ3n) is 21.9. The van der Waals surface area contributed by atoms with Crippen LogP contribution in [0.5, 0.6) is 0 Å². The van der Waals surface area contributed by atoms with Crippen LogP contribution in [0.15, 0.2) is 18.2 Å². The zero-order chi connectivity index (χ0) is 64.0. The number of rotatable bonds is 12. The Morgan fingerprint density at radius 2 is 1.27 bits per heavy atom. The number of carbonyl (C=O) groups excluding carboxylic acids is 1. The van der Waals surface area contributed by atoms with Gasteiger partial charge in [-0.05, 0) is 181 Å². The summed E-state index contributed by atoms with van der Waals surface area (Å²) < 4.78 is 56.0. The van der Waals surface area contributed by atoms with Gasteiger partial charge in [0.15, 0.2) is 0 Å². The lowest BCUT2D eigenvalue weighted by atomic mass is 9.84. The van der Waals surface area contributed by atoms with E-state index in [0.29, 0.717) is 66.2 Å². The molecule has 1 aromatic rings. The van der Waals surface area contributed by atoms with Gasteiger partial charge in [0.25, 0.3) is 0 Å². The van der Waals surface area contributed by atoms with Gasteiger partial charge in [-0.2, -0.15) is 13.2 Å². The number of nitrogens with zero attached hydrogens (tertiary/aromatic N) is 9. The number of alkyl halides is 3. The lowest BCUT2D eigenvalue weighted by Gasteiger charge is -2.42. The number of aryl methyl sites for hydroxylation is 1. The highest BCUT2D eigenvalue weighted by Gasteiger charge is 2.40. The second-order valence-electron chi connectivity index (χ2n) is 30.4. The van der Waals surface area contributed by atoms with Gasteiger partial charge in [-0.15, -0.1) is 0 Å². The second-order valence-corrected chi connectivity index (χ2v) is 30.4. The van der Waals surface area contributed by atoms with Crippen LogP contribution >= 0.6 is 0 Å². The van der Waals surface area contributed by atoms with Crippen LogP contribution in [0.25, 0.3) is 0 Å². The molecule has 6 rings (SSSR count). The van der Waals surface area contributed by atoms with Crippen molar-refractivity contribution < 1.29 is 22.4 Å². The summed E-state index contributed by atoms with van der Waals surface area (Å²) in [6.07, 6.45) is 18.8. The van der Waals surface area contributed by atoms with Crippen LogP contribution in [-0.4, -0.2) is 258 Å². The predicted molar refractivity (Wildman–Crippen MR) is 360 cm³/mol. The maximum atomic E-state index is 15.0. The van der Waals surface area contributed by atoms with Crippen LogP contribution in [0.2, 0.25) is 0 Å².